The van der Waals surface area contributed by atoms with E-state index in [0.29, 0.717) is 12.8 Å². The Bertz CT molecular complexity index is 408. The predicted octanol–water partition coefficient (Wildman–Crippen LogP) is 0.142. The molecule has 0 saturated carbocycles. The second-order valence-corrected chi connectivity index (χ2v) is 5.61. The summed E-state index contributed by atoms with van der Waals surface area (Å²) in [6.45, 7) is 0.142. The number of carbonyl (C=O) groups excluding carboxylic acids is 1. The van der Waals surface area contributed by atoms with Gasteiger partial charge in [0.15, 0.2) is 0 Å². The molecule has 1 unspecified atom stereocenters. The van der Waals surface area contributed by atoms with Gasteiger partial charge in [-0.2, -0.15) is 8.42 Å². The molecule has 1 amide bonds. The molecule has 0 bridgehead atoms. The summed E-state index contributed by atoms with van der Waals surface area (Å²) in [7, 11) is -4.67. The van der Waals surface area contributed by atoms with Crippen molar-refractivity contribution < 1.29 is 27.0 Å². The molecule has 1 atom stereocenters. The number of carboxylic acids is 1. The van der Waals surface area contributed by atoms with Gasteiger partial charge in [-0.05, 0) is 12.8 Å². The highest BCUT2D eigenvalue weighted by molar-refractivity contribution is 7.87. The Labute approximate surface area is 98.6 Å². The van der Waals surface area contributed by atoms with E-state index in [1.807, 2.05) is 0 Å². The summed E-state index contributed by atoms with van der Waals surface area (Å²) < 4.78 is 33.9. The van der Waals surface area contributed by atoms with E-state index in [2.05, 4.69) is 0 Å². The highest BCUT2D eigenvalue weighted by Gasteiger charge is 2.37. The van der Waals surface area contributed by atoms with Crippen LogP contribution in [0.3, 0.4) is 0 Å². The van der Waals surface area contributed by atoms with Gasteiger partial charge >= 0.3 is 16.2 Å². The summed E-state index contributed by atoms with van der Waals surface area (Å²) in [4.78, 5) is 22.8. The van der Waals surface area contributed by atoms with Crippen molar-refractivity contribution in [2.75, 3.05) is 13.1 Å². The Morgan fingerprint density at radius 3 is 2.59 bits per heavy atom. The molecular formula is C9H14FNO5S. The molecule has 98 valence electrons. The monoisotopic (exact) mass is 267 g/mol. The molecule has 1 heterocycles. The highest BCUT2D eigenvalue weighted by Crippen LogP contribution is 2.20. The topological polar surface area (TPSA) is 91.8 Å². The van der Waals surface area contributed by atoms with Gasteiger partial charge in [-0.25, -0.2) is 0 Å². The van der Waals surface area contributed by atoms with E-state index >= 15 is 0 Å². The van der Waals surface area contributed by atoms with Gasteiger partial charge in [0.05, 0.1) is 0 Å². The molecule has 0 aromatic rings. The number of nitrogens with zero attached hydrogens (tertiary/aromatic N) is 1. The van der Waals surface area contributed by atoms with E-state index < -0.39 is 27.3 Å². The Morgan fingerprint density at radius 2 is 2.12 bits per heavy atom. The fourth-order valence-electron chi connectivity index (χ4n) is 1.72. The minimum Gasteiger partial charge on any atom is -0.481 e. The smallest absolute Gasteiger partial charge is 0.307 e. The van der Waals surface area contributed by atoms with Gasteiger partial charge < -0.3 is 10.0 Å². The molecule has 0 aromatic heterocycles. The maximum absolute atomic E-state index is 12.7. The molecule has 6 nitrogen and oxygen atoms in total. The van der Waals surface area contributed by atoms with Crippen molar-refractivity contribution in [1.82, 2.24) is 4.90 Å². The first-order valence-electron chi connectivity index (χ1n) is 5.23. The van der Waals surface area contributed by atoms with Crippen LogP contribution in [-0.2, 0) is 19.8 Å². The van der Waals surface area contributed by atoms with Gasteiger partial charge in [-0.1, -0.05) is 0 Å². The molecule has 0 spiro atoms. The second-order valence-electron chi connectivity index (χ2n) is 3.99. The number of amides is 1. The van der Waals surface area contributed by atoms with E-state index in [9.17, 15) is 21.9 Å². The van der Waals surface area contributed by atoms with Crippen LogP contribution in [0.4, 0.5) is 3.89 Å². The van der Waals surface area contributed by atoms with E-state index in [-0.39, 0.29) is 25.9 Å². The third-order valence-corrected chi connectivity index (χ3v) is 3.76. The molecule has 1 N–H and O–H groups in total. The summed E-state index contributed by atoms with van der Waals surface area (Å²) in [5, 5.41) is 7.13. The molecule has 0 aromatic carbocycles. The van der Waals surface area contributed by atoms with Crippen molar-refractivity contribution in [2.24, 2.45) is 0 Å². The number of halogens is 1. The number of carboxylic acid groups (broad SMARTS) is 1. The zero-order chi connectivity index (χ0) is 13.1. The van der Waals surface area contributed by atoms with E-state index in [0.717, 1.165) is 0 Å². The quantitative estimate of drug-likeness (QED) is 0.546. The third kappa shape index (κ3) is 4.29. The minimum absolute atomic E-state index is 0.00681. The normalized spacial score (nSPS) is 20.9. The van der Waals surface area contributed by atoms with Crippen LogP contribution in [0.25, 0.3) is 0 Å². The van der Waals surface area contributed by atoms with Crippen molar-refractivity contribution in [3.8, 4) is 0 Å². The van der Waals surface area contributed by atoms with Crippen molar-refractivity contribution in [1.29, 1.82) is 0 Å². The average molecular weight is 267 g/mol. The number of rotatable bonds is 6. The Balaban J connectivity index is 2.36. The standard InChI is InChI=1S/C9H14FNO5S/c10-17(15,16)7-5-8(12)11(6-7)4-2-1-3-9(13)14/h7H,1-6H2,(H,13,14). The van der Waals surface area contributed by atoms with Gasteiger partial charge in [-0.3, -0.25) is 9.59 Å². The number of hydrogen-bond donors (Lipinski definition) is 1. The summed E-state index contributed by atoms with van der Waals surface area (Å²) in [5.74, 6) is -1.31. The zero-order valence-electron chi connectivity index (χ0n) is 9.13. The number of carbonyl (C=O) groups is 2. The number of likely N-dealkylation sites (tertiary alicyclic amines) is 1. The van der Waals surface area contributed by atoms with E-state index in [1.54, 1.807) is 0 Å². The van der Waals surface area contributed by atoms with Gasteiger partial charge in [0, 0.05) is 25.9 Å². The third-order valence-electron chi connectivity index (χ3n) is 2.65. The molecule has 1 aliphatic rings. The van der Waals surface area contributed by atoms with Crippen LogP contribution in [0, 0.1) is 0 Å². The Morgan fingerprint density at radius 1 is 1.47 bits per heavy atom. The SMILES string of the molecule is O=C(O)CCCCN1CC(S(=O)(=O)F)CC1=O. The van der Waals surface area contributed by atoms with E-state index in [1.165, 1.54) is 4.90 Å². The first-order chi connectivity index (χ1) is 7.80. The first-order valence-corrected chi connectivity index (χ1v) is 6.68. The molecule has 8 heteroatoms. The summed E-state index contributed by atoms with van der Waals surface area (Å²) >= 11 is 0. The van der Waals surface area contributed by atoms with Crippen LogP contribution in [-0.4, -0.2) is 48.6 Å². The predicted molar refractivity (Wildman–Crippen MR) is 56.5 cm³/mol. The molecule has 1 rings (SSSR count). The van der Waals surface area contributed by atoms with Crippen LogP contribution in [0.15, 0.2) is 0 Å². The minimum atomic E-state index is -4.67. The number of aliphatic carboxylic acids is 1. The highest BCUT2D eigenvalue weighted by atomic mass is 32.3. The maximum atomic E-state index is 12.7. The lowest BCUT2D eigenvalue weighted by Crippen LogP contribution is -2.28. The fraction of sp³-hybridized carbons (Fsp3) is 0.778. The lowest BCUT2D eigenvalue weighted by Gasteiger charge is -2.15. The van der Waals surface area contributed by atoms with E-state index in [4.69, 9.17) is 5.11 Å². The molecule has 17 heavy (non-hydrogen) atoms. The largest absolute Gasteiger partial charge is 0.481 e. The fourth-order valence-corrected chi connectivity index (χ4v) is 2.42. The molecule has 1 fully saturated rings. The Hall–Kier alpha value is -1.18. The van der Waals surface area contributed by atoms with Gasteiger partial charge in [0.1, 0.15) is 5.25 Å². The maximum Gasteiger partial charge on any atom is 0.307 e. The lowest BCUT2D eigenvalue weighted by atomic mass is 10.2. The molecule has 0 aliphatic carbocycles. The van der Waals surface area contributed by atoms with Gasteiger partial charge in [0.25, 0.3) is 0 Å². The summed E-state index contributed by atoms with van der Waals surface area (Å²) in [6, 6.07) is 0. The number of hydrogen-bond acceptors (Lipinski definition) is 4. The van der Waals surface area contributed by atoms with Crippen LogP contribution in [0.2, 0.25) is 0 Å². The lowest BCUT2D eigenvalue weighted by molar-refractivity contribution is -0.137. The van der Waals surface area contributed by atoms with Crippen molar-refractivity contribution in [3.05, 3.63) is 0 Å². The average Bonchev–Trinajstić information content (AvgIpc) is 2.54. The molecule has 1 saturated heterocycles. The van der Waals surface area contributed by atoms with Crippen LogP contribution in [0.5, 0.6) is 0 Å². The second kappa shape index (κ2) is 5.44. The van der Waals surface area contributed by atoms with Crippen LogP contribution in [0.1, 0.15) is 25.7 Å². The van der Waals surface area contributed by atoms with Gasteiger partial charge in [0.2, 0.25) is 5.91 Å². The van der Waals surface area contributed by atoms with Crippen molar-refractivity contribution in [3.63, 3.8) is 0 Å². The molecule has 1 aliphatic heterocycles. The first kappa shape index (κ1) is 13.9. The van der Waals surface area contributed by atoms with Gasteiger partial charge in [-0.15, -0.1) is 3.89 Å². The summed E-state index contributed by atoms with van der Waals surface area (Å²) in [5.41, 5.74) is 0. The van der Waals surface area contributed by atoms with Crippen molar-refractivity contribution in [2.45, 2.75) is 30.9 Å². The number of unbranched alkanes of at least 4 members (excludes halogenated alkanes) is 1. The van der Waals surface area contributed by atoms with Crippen LogP contribution < -0.4 is 0 Å². The zero-order valence-corrected chi connectivity index (χ0v) is 9.95. The summed E-state index contributed by atoms with van der Waals surface area (Å²) in [6.07, 6.45) is 0.563. The molecule has 0 radical (unpaired) electrons. The van der Waals surface area contributed by atoms with Crippen LogP contribution >= 0.6 is 0 Å². The molecular weight excluding hydrogens is 253 g/mol. The Kier molecular flexibility index (Phi) is 4.44. The van der Waals surface area contributed by atoms with Crippen molar-refractivity contribution >= 4 is 22.1 Å².